The van der Waals surface area contributed by atoms with Crippen LogP contribution < -0.4 is 5.73 Å². The fourth-order valence-electron chi connectivity index (χ4n) is 2.63. The molecule has 0 saturated carbocycles. The second kappa shape index (κ2) is 4.79. The minimum Gasteiger partial charge on any atom is -0.332 e. The first-order chi connectivity index (χ1) is 8.56. The van der Waals surface area contributed by atoms with E-state index in [-0.39, 0.29) is 24.0 Å². The molecule has 18 heavy (non-hydrogen) atoms. The standard InChI is InChI=1S/C14H17N3O/c1-9(2)17-13(18)7-12(16)14(17)11-6-4-3-5-10(11)8-15/h3-6,9,12,14H,7,16H2,1-2H3. The molecule has 2 N–H and O–H groups in total. The lowest BCUT2D eigenvalue weighted by atomic mass is 9.96. The third-order valence-corrected chi connectivity index (χ3v) is 3.36. The number of hydrogen-bond acceptors (Lipinski definition) is 3. The molecule has 1 heterocycles. The first-order valence-corrected chi connectivity index (χ1v) is 6.12. The van der Waals surface area contributed by atoms with Gasteiger partial charge in [0.05, 0.1) is 17.7 Å². The summed E-state index contributed by atoms with van der Waals surface area (Å²) < 4.78 is 0. The summed E-state index contributed by atoms with van der Waals surface area (Å²) >= 11 is 0. The van der Waals surface area contributed by atoms with Gasteiger partial charge in [-0.15, -0.1) is 0 Å². The molecule has 4 heteroatoms. The van der Waals surface area contributed by atoms with E-state index in [1.54, 1.807) is 11.0 Å². The molecule has 0 radical (unpaired) electrons. The number of nitrogens with two attached hydrogens (primary N) is 1. The summed E-state index contributed by atoms with van der Waals surface area (Å²) in [6.07, 6.45) is 0.350. The zero-order valence-corrected chi connectivity index (χ0v) is 10.6. The molecule has 2 rings (SSSR count). The van der Waals surface area contributed by atoms with Gasteiger partial charge in [0.25, 0.3) is 0 Å². The topological polar surface area (TPSA) is 70.1 Å². The van der Waals surface area contributed by atoms with Crippen LogP contribution in [0.3, 0.4) is 0 Å². The molecule has 1 aliphatic rings. The van der Waals surface area contributed by atoms with Crippen molar-refractivity contribution >= 4 is 5.91 Å². The highest BCUT2D eigenvalue weighted by atomic mass is 16.2. The Morgan fingerprint density at radius 2 is 2.11 bits per heavy atom. The number of likely N-dealkylation sites (tertiary alicyclic amines) is 1. The molecule has 1 fully saturated rings. The molecule has 0 bridgehead atoms. The molecule has 1 amide bonds. The van der Waals surface area contributed by atoms with Crippen molar-refractivity contribution in [3.63, 3.8) is 0 Å². The first-order valence-electron chi connectivity index (χ1n) is 6.12. The third-order valence-electron chi connectivity index (χ3n) is 3.36. The average molecular weight is 243 g/mol. The maximum atomic E-state index is 12.0. The Kier molecular flexibility index (Phi) is 3.35. The van der Waals surface area contributed by atoms with Crippen molar-refractivity contribution in [3.8, 4) is 6.07 Å². The Balaban J connectivity index is 2.48. The van der Waals surface area contributed by atoms with Crippen molar-refractivity contribution in [3.05, 3.63) is 35.4 Å². The number of nitriles is 1. The smallest absolute Gasteiger partial charge is 0.225 e. The van der Waals surface area contributed by atoms with Crippen molar-refractivity contribution < 1.29 is 4.79 Å². The van der Waals surface area contributed by atoms with E-state index in [2.05, 4.69) is 6.07 Å². The van der Waals surface area contributed by atoms with Crippen LogP contribution in [0.25, 0.3) is 0 Å². The zero-order valence-electron chi connectivity index (χ0n) is 10.6. The molecule has 1 aliphatic heterocycles. The molecule has 94 valence electrons. The minimum absolute atomic E-state index is 0.0650. The van der Waals surface area contributed by atoms with Crippen molar-refractivity contribution in [2.45, 2.75) is 38.4 Å². The number of rotatable bonds is 2. The van der Waals surface area contributed by atoms with Gasteiger partial charge in [0.15, 0.2) is 0 Å². The molecule has 2 atom stereocenters. The molecule has 1 aromatic carbocycles. The SMILES string of the molecule is CC(C)N1C(=O)CC(N)C1c1ccccc1C#N. The summed E-state index contributed by atoms with van der Waals surface area (Å²) in [5, 5.41) is 9.16. The van der Waals surface area contributed by atoms with Crippen LogP contribution in [0.4, 0.5) is 0 Å². The molecule has 1 saturated heterocycles. The van der Waals surface area contributed by atoms with E-state index in [0.29, 0.717) is 12.0 Å². The number of carbonyl (C=O) groups is 1. The molecule has 0 aromatic heterocycles. The second-order valence-corrected chi connectivity index (χ2v) is 4.91. The van der Waals surface area contributed by atoms with E-state index in [1.165, 1.54) is 0 Å². The van der Waals surface area contributed by atoms with Gasteiger partial charge in [-0.3, -0.25) is 4.79 Å². The number of hydrogen-bond donors (Lipinski definition) is 1. The summed E-state index contributed by atoms with van der Waals surface area (Å²) in [6, 6.07) is 9.19. The summed E-state index contributed by atoms with van der Waals surface area (Å²) in [4.78, 5) is 13.8. The zero-order chi connectivity index (χ0) is 13.3. The van der Waals surface area contributed by atoms with Gasteiger partial charge in [-0.25, -0.2) is 0 Å². The van der Waals surface area contributed by atoms with Crippen LogP contribution >= 0.6 is 0 Å². The van der Waals surface area contributed by atoms with E-state index >= 15 is 0 Å². The molecular formula is C14H17N3O. The highest BCUT2D eigenvalue weighted by molar-refractivity contribution is 5.81. The lowest BCUT2D eigenvalue weighted by Crippen LogP contribution is -2.38. The number of nitrogens with zero attached hydrogens (tertiary/aromatic N) is 2. The Morgan fingerprint density at radius 3 is 2.72 bits per heavy atom. The van der Waals surface area contributed by atoms with Gasteiger partial charge in [0.2, 0.25) is 5.91 Å². The van der Waals surface area contributed by atoms with Gasteiger partial charge < -0.3 is 10.6 Å². The highest BCUT2D eigenvalue weighted by Gasteiger charge is 2.40. The van der Waals surface area contributed by atoms with Gasteiger partial charge in [0.1, 0.15) is 0 Å². The maximum absolute atomic E-state index is 12.0. The number of amides is 1. The third kappa shape index (κ3) is 1.98. The van der Waals surface area contributed by atoms with Crippen LogP contribution in [0.15, 0.2) is 24.3 Å². The number of carbonyl (C=O) groups excluding carboxylic acids is 1. The quantitative estimate of drug-likeness (QED) is 0.857. The second-order valence-electron chi connectivity index (χ2n) is 4.91. The van der Waals surface area contributed by atoms with Crippen LogP contribution in [0.1, 0.15) is 37.4 Å². The predicted molar refractivity (Wildman–Crippen MR) is 68.5 cm³/mol. The first kappa shape index (κ1) is 12.6. The normalized spacial score (nSPS) is 23.5. The Bertz CT molecular complexity index is 504. The predicted octanol–water partition coefficient (Wildman–Crippen LogP) is 1.57. The van der Waals surface area contributed by atoms with Crippen LogP contribution in [-0.2, 0) is 4.79 Å². The van der Waals surface area contributed by atoms with Gasteiger partial charge in [-0.05, 0) is 25.5 Å². The fourth-order valence-corrected chi connectivity index (χ4v) is 2.63. The summed E-state index contributed by atoms with van der Waals surface area (Å²) in [5.74, 6) is 0.0650. The molecule has 2 unspecified atom stereocenters. The van der Waals surface area contributed by atoms with E-state index in [4.69, 9.17) is 11.0 Å². The molecule has 0 aliphatic carbocycles. The molecule has 0 spiro atoms. The average Bonchev–Trinajstić information content (AvgIpc) is 2.64. The van der Waals surface area contributed by atoms with E-state index in [1.807, 2.05) is 32.0 Å². The Hall–Kier alpha value is -1.86. The van der Waals surface area contributed by atoms with Crippen molar-refractivity contribution in [2.75, 3.05) is 0 Å². The fraction of sp³-hybridized carbons (Fsp3) is 0.429. The van der Waals surface area contributed by atoms with Crippen molar-refractivity contribution in [1.82, 2.24) is 4.90 Å². The van der Waals surface area contributed by atoms with Gasteiger partial charge in [0, 0.05) is 18.5 Å². The van der Waals surface area contributed by atoms with Crippen LogP contribution in [0.5, 0.6) is 0 Å². The highest BCUT2D eigenvalue weighted by Crippen LogP contribution is 2.35. The summed E-state index contributed by atoms with van der Waals surface area (Å²) in [5.41, 5.74) is 7.53. The molecule has 4 nitrogen and oxygen atoms in total. The Morgan fingerprint density at radius 1 is 1.44 bits per heavy atom. The largest absolute Gasteiger partial charge is 0.332 e. The molecular weight excluding hydrogens is 226 g/mol. The van der Waals surface area contributed by atoms with E-state index in [9.17, 15) is 4.79 Å². The summed E-state index contributed by atoms with van der Waals surface area (Å²) in [7, 11) is 0. The lowest BCUT2D eigenvalue weighted by molar-refractivity contribution is -0.130. The van der Waals surface area contributed by atoms with E-state index < -0.39 is 0 Å². The molecule has 1 aromatic rings. The van der Waals surface area contributed by atoms with Crippen molar-refractivity contribution in [1.29, 1.82) is 5.26 Å². The maximum Gasteiger partial charge on any atom is 0.225 e. The van der Waals surface area contributed by atoms with Gasteiger partial charge in [-0.1, -0.05) is 18.2 Å². The summed E-state index contributed by atoms with van der Waals surface area (Å²) in [6.45, 7) is 3.94. The Labute approximate surface area is 107 Å². The van der Waals surface area contributed by atoms with Gasteiger partial charge in [-0.2, -0.15) is 5.26 Å². The van der Waals surface area contributed by atoms with Gasteiger partial charge >= 0.3 is 0 Å². The minimum atomic E-state index is -0.241. The van der Waals surface area contributed by atoms with Crippen LogP contribution in [-0.4, -0.2) is 22.9 Å². The van der Waals surface area contributed by atoms with Crippen LogP contribution in [0, 0.1) is 11.3 Å². The lowest BCUT2D eigenvalue weighted by Gasteiger charge is -2.31. The van der Waals surface area contributed by atoms with E-state index in [0.717, 1.165) is 5.56 Å². The number of benzene rings is 1. The van der Waals surface area contributed by atoms with Crippen LogP contribution in [0.2, 0.25) is 0 Å². The monoisotopic (exact) mass is 243 g/mol. The van der Waals surface area contributed by atoms with Crippen molar-refractivity contribution in [2.24, 2.45) is 5.73 Å².